The van der Waals surface area contributed by atoms with Crippen LogP contribution in [0.3, 0.4) is 0 Å². The second kappa shape index (κ2) is 11.7. The molecule has 6 heteroatoms. The van der Waals surface area contributed by atoms with Crippen LogP contribution in [0.4, 0.5) is 0 Å². The van der Waals surface area contributed by atoms with Gasteiger partial charge in [-0.05, 0) is 11.5 Å². The number of guanidine groups is 1. The van der Waals surface area contributed by atoms with Gasteiger partial charge in [-0.2, -0.15) is 0 Å². The van der Waals surface area contributed by atoms with E-state index in [0.29, 0.717) is 5.92 Å². The Labute approximate surface area is 163 Å². The minimum Gasteiger partial charge on any atom is -0.374 e. The highest BCUT2D eigenvalue weighted by Gasteiger charge is 2.20. The van der Waals surface area contributed by atoms with E-state index >= 15 is 0 Å². The normalized spacial score (nSPS) is 19.0. The number of ether oxygens (including phenoxy) is 1. The molecule has 0 spiro atoms. The molecule has 0 amide bonds. The van der Waals surface area contributed by atoms with Crippen molar-refractivity contribution in [3.05, 3.63) is 35.9 Å². The maximum atomic E-state index is 5.86. The lowest BCUT2D eigenvalue weighted by atomic mass is 10.2. The third kappa shape index (κ3) is 7.81. The number of hydrogen-bond acceptors (Lipinski definition) is 3. The van der Waals surface area contributed by atoms with Crippen molar-refractivity contribution in [2.45, 2.75) is 26.5 Å². The molecule has 1 aromatic carbocycles. The van der Waals surface area contributed by atoms with Gasteiger partial charge in [0.1, 0.15) is 0 Å². The summed E-state index contributed by atoms with van der Waals surface area (Å²) in [6.07, 6.45) is 0.220. The molecule has 24 heavy (non-hydrogen) atoms. The second-order valence-corrected chi connectivity index (χ2v) is 6.44. The highest BCUT2D eigenvalue weighted by Crippen LogP contribution is 2.07. The van der Waals surface area contributed by atoms with Gasteiger partial charge in [-0.15, -0.1) is 24.0 Å². The van der Waals surface area contributed by atoms with Crippen molar-refractivity contribution in [1.29, 1.82) is 0 Å². The van der Waals surface area contributed by atoms with E-state index in [1.165, 1.54) is 5.56 Å². The van der Waals surface area contributed by atoms with Crippen LogP contribution in [-0.4, -0.2) is 56.8 Å². The SMILES string of the molecule is CN=C(NCc1ccccc1)NCC1CN(CC(C)C)CCO1.I. The number of nitrogens with one attached hydrogen (secondary N) is 2. The Kier molecular flexibility index (Phi) is 10.3. The van der Waals surface area contributed by atoms with Crippen LogP contribution in [0.5, 0.6) is 0 Å². The molecule has 0 bridgehead atoms. The van der Waals surface area contributed by atoms with E-state index in [0.717, 1.165) is 45.3 Å². The molecule has 0 radical (unpaired) electrons. The molecular formula is C18H31IN4O. The molecule has 0 aliphatic carbocycles. The van der Waals surface area contributed by atoms with E-state index in [4.69, 9.17) is 4.74 Å². The molecule has 1 unspecified atom stereocenters. The van der Waals surface area contributed by atoms with Crippen LogP contribution < -0.4 is 10.6 Å². The lowest BCUT2D eigenvalue weighted by Gasteiger charge is -2.34. The lowest BCUT2D eigenvalue weighted by molar-refractivity contribution is -0.0284. The minimum atomic E-state index is 0. The first kappa shape index (κ1) is 21.2. The van der Waals surface area contributed by atoms with Gasteiger partial charge in [0.25, 0.3) is 0 Å². The fourth-order valence-electron chi connectivity index (χ4n) is 2.80. The first-order chi connectivity index (χ1) is 11.2. The van der Waals surface area contributed by atoms with Crippen molar-refractivity contribution in [2.24, 2.45) is 10.9 Å². The monoisotopic (exact) mass is 446 g/mol. The van der Waals surface area contributed by atoms with E-state index in [9.17, 15) is 0 Å². The molecule has 1 atom stereocenters. The molecular weight excluding hydrogens is 415 g/mol. The summed E-state index contributed by atoms with van der Waals surface area (Å²) in [5, 5.41) is 6.71. The Hall–Kier alpha value is -0.860. The van der Waals surface area contributed by atoms with E-state index in [2.05, 4.69) is 46.5 Å². The number of hydrogen-bond donors (Lipinski definition) is 2. The van der Waals surface area contributed by atoms with Crippen molar-refractivity contribution in [2.75, 3.05) is 39.8 Å². The Morgan fingerprint density at radius 2 is 2.04 bits per heavy atom. The molecule has 1 aromatic rings. The molecule has 5 nitrogen and oxygen atoms in total. The van der Waals surface area contributed by atoms with Gasteiger partial charge in [-0.3, -0.25) is 9.89 Å². The highest BCUT2D eigenvalue weighted by molar-refractivity contribution is 14.0. The number of aliphatic imine (C=N–C) groups is 1. The number of halogens is 1. The van der Waals surface area contributed by atoms with Gasteiger partial charge >= 0.3 is 0 Å². The molecule has 2 rings (SSSR count). The fourth-order valence-corrected chi connectivity index (χ4v) is 2.80. The Morgan fingerprint density at radius 3 is 2.71 bits per heavy atom. The van der Waals surface area contributed by atoms with E-state index in [1.807, 2.05) is 18.2 Å². The summed E-state index contributed by atoms with van der Waals surface area (Å²) >= 11 is 0. The zero-order valence-electron chi connectivity index (χ0n) is 15.0. The number of rotatable bonds is 6. The quantitative estimate of drug-likeness (QED) is 0.400. The molecule has 0 saturated carbocycles. The summed E-state index contributed by atoms with van der Waals surface area (Å²) in [6, 6.07) is 10.3. The van der Waals surface area contributed by atoms with Crippen molar-refractivity contribution < 1.29 is 4.74 Å². The smallest absolute Gasteiger partial charge is 0.191 e. The molecule has 1 heterocycles. The van der Waals surface area contributed by atoms with Crippen LogP contribution >= 0.6 is 24.0 Å². The Balaban J connectivity index is 0.00000288. The fraction of sp³-hybridized carbons (Fsp3) is 0.611. The highest BCUT2D eigenvalue weighted by atomic mass is 127. The van der Waals surface area contributed by atoms with E-state index < -0.39 is 0 Å². The largest absolute Gasteiger partial charge is 0.374 e. The first-order valence-electron chi connectivity index (χ1n) is 8.49. The summed E-state index contributed by atoms with van der Waals surface area (Å²) in [5.41, 5.74) is 1.24. The Bertz CT molecular complexity index is 481. The van der Waals surface area contributed by atoms with Crippen LogP contribution in [0.15, 0.2) is 35.3 Å². The third-order valence-electron chi connectivity index (χ3n) is 3.87. The summed E-state index contributed by atoms with van der Waals surface area (Å²) < 4.78 is 5.86. The van der Waals surface area contributed by atoms with Gasteiger partial charge in [-0.1, -0.05) is 44.2 Å². The molecule has 1 aliphatic heterocycles. The van der Waals surface area contributed by atoms with Gasteiger partial charge in [0.05, 0.1) is 12.7 Å². The average Bonchev–Trinajstić information content (AvgIpc) is 2.56. The van der Waals surface area contributed by atoms with Crippen molar-refractivity contribution in [3.63, 3.8) is 0 Å². The molecule has 1 saturated heterocycles. The predicted molar refractivity (Wildman–Crippen MR) is 111 cm³/mol. The summed E-state index contributed by atoms with van der Waals surface area (Å²) in [6.45, 7) is 10.1. The maximum absolute atomic E-state index is 5.86. The predicted octanol–water partition coefficient (Wildman–Crippen LogP) is 2.33. The summed E-state index contributed by atoms with van der Waals surface area (Å²) in [5.74, 6) is 1.51. The van der Waals surface area contributed by atoms with Crippen LogP contribution in [-0.2, 0) is 11.3 Å². The minimum absolute atomic E-state index is 0. The standard InChI is InChI=1S/C18H30N4O.HI/c1-15(2)13-22-9-10-23-17(14-22)12-21-18(19-3)20-11-16-7-5-4-6-8-16;/h4-8,15,17H,9-14H2,1-3H3,(H2,19,20,21);1H. The van der Waals surface area contributed by atoms with Crippen molar-refractivity contribution >= 4 is 29.9 Å². The van der Waals surface area contributed by atoms with E-state index in [1.54, 1.807) is 7.05 Å². The topological polar surface area (TPSA) is 48.9 Å². The molecule has 2 N–H and O–H groups in total. The van der Waals surface area contributed by atoms with Crippen LogP contribution in [0.1, 0.15) is 19.4 Å². The van der Waals surface area contributed by atoms with Crippen LogP contribution in [0, 0.1) is 5.92 Å². The third-order valence-corrected chi connectivity index (χ3v) is 3.87. The molecule has 1 fully saturated rings. The van der Waals surface area contributed by atoms with Crippen molar-refractivity contribution in [1.82, 2.24) is 15.5 Å². The molecule has 0 aromatic heterocycles. The number of morpholine rings is 1. The van der Waals surface area contributed by atoms with Crippen LogP contribution in [0.25, 0.3) is 0 Å². The van der Waals surface area contributed by atoms with Gasteiger partial charge in [0.2, 0.25) is 0 Å². The van der Waals surface area contributed by atoms with Crippen LogP contribution in [0.2, 0.25) is 0 Å². The maximum Gasteiger partial charge on any atom is 0.191 e. The summed E-state index contributed by atoms with van der Waals surface area (Å²) in [7, 11) is 1.80. The molecule has 136 valence electrons. The summed E-state index contributed by atoms with van der Waals surface area (Å²) in [4.78, 5) is 6.77. The lowest BCUT2D eigenvalue weighted by Crippen LogP contribution is -2.50. The second-order valence-electron chi connectivity index (χ2n) is 6.44. The van der Waals surface area contributed by atoms with Gasteiger partial charge < -0.3 is 15.4 Å². The van der Waals surface area contributed by atoms with Gasteiger partial charge in [-0.25, -0.2) is 0 Å². The molecule has 1 aliphatic rings. The Morgan fingerprint density at radius 1 is 1.29 bits per heavy atom. The zero-order chi connectivity index (χ0) is 16.5. The zero-order valence-corrected chi connectivity index (χ0v) is 17.3. The van der Waals surface area contributed by atoms with Gasteiger partial charge in [0.15, 0.2) is 5.96 Å². The number of nitrogens with zero attached hydrogens (tertiary/aromatic N) is 2. The van der Waals surface area contributed by atoms with Crippen molar-refractivity contribution in [3.8, 4) is 0 Å². The van der Waals surface area contributed by atoms with Gasteiger partial charge in [0, 0.05) is 39.8 Å². The first-order valence-corrected chi connectivity index (χ1v) is 8.49. The number of benzene rings is 1. The van der Waals surface area contributed by atoms with E-state index in [-0.39, 0.29) is 30.1 Å². The average molecular weight is 446 g/mol.